The standard InChI is InChI=1S/C11H14O2S/c1-2-14-8-10-6-4-3-5-9(10)7-11(12)13/h3-6H,2,7-8H2,1H3,(H,12,13). The van der Waals surface area contributed by atoms with Crippen molar-refractivity contribution in [2.75, 3.05) is 5.75 Å². The van der Waals surface area contributed by atoms with Crippen LogP contribution in [0.25, 0.3) is 0 Å². The van der Waals surface area contributed by atoms with Gasteiger partial charge in [-0.3, -0.25) is 4.79 Å². The van der Waals surface area contributed by atoms with Crippen molar-refractivity contribution in [3.63, 3.8) is 0 Å². The van der Waals surface area contributed by atoms with Gasteiger partial charge in [-0.1, -0.05) is 31.2 Å². The van der Waals surface area contributed by atoms with Crippen LogP contribution in [0.1, 0.15) is 18.1 Å². The van der Waals surface area contributed by atoms with Crippen LogP contribution in [0.15, 0.2) is 24.3 Å². The van der Waals surface area contributed by atoms with Gasteiger partial charge < -0.3 is 5.11 Å². The monoisotopic (exact) mass is 210 g/mol. The highest BCUT2D eigenvalue weighted by atomic mass is 32.2. The average Bonchev–Trinajstić information content (AvgIpc) is 2.16. The SMILES string of the molecule is CCSCc1ccccc1CC(=O)O. The molecule has 0 saturated carbocycles. The molecule has 1 rings (SSSR count). The summed E-state index contributed by atoms with van der Waals surface area (Å²) in [4.78, 5) is 10.6. The lowest BCUT2D eigenvalue weighted by atomic mass is 10.1. The molecule has 0 aliphatic heterocycles. The van der Waals surface area contributed by atoms with Gasteiger partial charge in [-0.25, -0.2) is 0 Å². The maximum absolute atomic E-state index is 10.6. The van der Waals surface area contributed by atoms with Gasteiger partial charge in [0.05, 0.1) is 6.42 Å². The summed E-state index contributed by atoms with van der Waals surface area (Å²) < 4.78 is 0. The molecule has 1 aromatic rings. The number of carboxylic acids is 1. The van der Waals surface area contributed by atoms with Crippen molar-refractivity contribution in [1.29, 1.82) is 0 Å². The number of benzene rings is 1. The highest BCUT2D eigenvalue weighted by Crippen LogP contribution is 2.16. The third kappa shape index (κ3) is 3.42. The lowest BCUT2D eigenvalue weighted by Gasteiger charge is -2.05. The van der Waals surface area contributed by atoms with Crippen LogP contribution in [-0.4, -0.2) is 16.8 Å². The van der Waals surface area contributed by atoms with Gasteiger partial charge >= 0.3 is 5.97 Å². The van der Waals surface area contributed by atoms with Gasteiger partial charge in [-0.05, 0) is 16.9 Å². The predicted molar refractivity (Wildman–Crippen MR) is 59.6 cm³/mol. The molecule has 0 spiro atoms. The van der Waals surface area contributed by atoms with Crippen LogP contribution in [-0.2, 0) is 17.0 Å². The fourth-order valence-corrected chi connectivity index (χ4v) is 1.95. The molecule has 3 heteroatoms. The molecule has 76 valence electrons. The van der Waals surface area contributed by atoms with E-state index in [9.17, 15) is 4.79 Å². The normalized spacial score (nSPS) is 10.1. The molecular weight excluding hydrogens is 196 g/mol. The van der Waals surface area contributed by atoms with Crippen LogP contribution in [0.4, 0.5) is 0 Å². The Hall–Kier alpha value is -0.960. The van der Waals surface area contributed by atoms with Crippen molar-refractivity contribution in [2.45, 2.75) is 19.1 Å². The Morgan fingerprint density at radius 1 is 1.36 bits per heavy atom. The molecule has 0 radical (unpaired) electrons. The minimum atomic E-state index is -0.765. The fraction of sp³-hybridized carbons (Fsp3) is 0.364. The third-order valence-corrected chi connectivity index (χ3v) is 2.85. The second kappa shape index (κ2) is 5.70. The number of carbonyl (C=O) groups is 1. The minimum Gasteiger partial charge on any atom is -0.481 e. The first-order valence-electron chi connectivity index (χ1n) is 4.60. The number of hydrogen-bond acceptors (Lipinski definition) is 2. The number of thioether (sulfide) groups is 1. The van der Waals surface area contributed by atoms with Gasteiger partial charge in [0, 0.05) is 5.75 Å². The largest absolute Gasteiger partial charge is 0.481 e. The molecule has 0 atom stereocenters. The fourth-order valence-electron chi connectivity index (χ4n) is 1.25. The van der Waals surface area contributed by atoms with Gasteiger partial charge in [-0.15, -0.1) is 0 Å². The van der Waals surface area contributed by atoms with Crippen LogP contribution >= 0.6 is 11.8 Å². The van der Waals surface area contributed by atoms with E-state index in [4.69, 9.17) is 5.11 Å². The zero-order chi connectivity index (χ0) is 10.4. The Labute approximate surface area is 88.3 Å². The molecule has 0 aliphatic carbocycles. The summed E-state index contributed by atoms with van der Waals surface area (Å²) in [5.41, 5.74) is 2.07. The van der Waals surface area contributed by atoms with Gasteiger partial charge in [-0.2, -0.15) is 11.8 Å². The van der Waals surface area contributed by atoms with Gasteiger partial charge in [0.25, 0.3) is 0 Å². The van der Waals surface area contributed by atoms with E-state index in [-0.39, 0.29) is 6.42 Å². The van der Waals surface area contributed by atoms with Gasteiger partial charge in [0.1, 0.15) is 0 Å². The molecule has 2 nitrogen and oxygen atoms in total. The Kier molecular flexibility index (Phi) is 4.53. The van der Waals surface area contributed by atoms with Crippen molar-refractivity contribution in [1.82, 2.24) is 0 Å². The first-order chi connectivity index (χ1) is 6.74. The van der Waals surface area contributed by atoms with E-state index in [1.54, 1.807) is 0 Å². The van der Waals surface area contributed by atoms with Gasteiger partial charge in [0.15, 0.2) is 0 Å². The second-order valence-electron chi connectivity index (χ2n) is 2.98. The van der Waals surface area contributed by atoms with Crippen LogP contribution in [0, 0.1) is 0 Å². The number of rotatable bonds is 5. The van der Waals surface area contributed by atoms with E-state index in [2.05, 4.69) is 6.92 Å². The van der Waals surface area contributed by atoms with Crippen molar-refractivity contribution in [3.8, 4) is 0 Å². The Morgan fingerprint density at radius 2 is 2.00 bits per heavy atom. The first kappa shape index (κ1) is 11.1. The molecule has 1 N–H and O–H groups in total. The molecule has 0 saturated heterocycles. The zero-order valence-corrected chi connectivity index (χ0v) is 9.01. The van der Waals surface area contributed by atoms with E-state index < -0.39 is 5.97 Å². The summed E-state index contributed by atoms with van der Waals surface area (Å²) >= 11 is 1.81. The molecule has 1 aromatic carbocycles. The van der Waals surface area contributed by atoms with Crippen molar-refractivity contribution in [3.05, 3.63) is 35.4 Å². The Balaban J connectivity index is 2.74. The molecule has 14 heavy (non-hydrogen) atoms. The topological polar surface area (TPSA) is 37.3 Å². The molecule has 0 bridgehead atoms. The highest BCUT2D eigenvalue weighted by molar-refractivity contribution is 7.98. The van der Waals surface area contributed by atoms with E-state index >= 15 is 0 Å². The van der Waals surface area contributed by atoms with E-state index in [0.29, 0.717) is 0 Å². The average molecular weight is 210 g/mol. The predicted octanol–water partition coefficient (Wildman–Crippen LogP) is 2.57. The molecule has 0 aromatic heterocycles. The highest BCUT2D eigenvalue weighted by Gasteiger charge is 2.05. The van der Waals surface area contributed by atoms with Crippen LogP contribution in [0.3, 0.4) is 0 Å². The molecular formula is C11H14O2S. The first-order valence-corrected chi connectivity index (χ1v) is 5.75. The smallest absolute Gasteiger partial charge is 0.307 e. The maximum atomic E-state index is 10.6. The van der Waals surface area contributed by atoms with E-state index in [0.717, 1.165) is 22.6 Å². The minimum absolute atomic E-state index is 0.125. The van der Waals surface area contributed by atoms with Crippen LogP contribution in [0.5, 0.6) is 0 Å². The van der Waals surface area contributed by atoms with E-state index in [1.807, 2.05) is 36.0 Å². The molecule has 0 fully saturated rings. The third-order valence-electron chi connectivity index (χ3n) is 1.92. The Bertz CT molecular complexity index is 310. The molecule has 0 amide bonds. The summed E-state index contributed by atoms with van der Waals surface area (Å²) in [5, 5.41) is 8.71. The zero-order valence-electron chi connectivity index (χ0n) is 8.19. The summed E-state index contributed by atoms with van der Waals surface area (Å²) in [7, 11) is 0. The van der Waals surface area contributed by atoms with Crippen molar-refractivity contribution < 1.29 is 9.90 Å². The number of carboxylic acid groups (broad SMARTS) is 1. The van der Waals surface area contributed by atoms with E-state index in [1.165, 1.54) is 0 Å². The van der Waals surface area contributed by atoms with Crippen LogP contribution < -0.4 is 0 Å². The molecule has 0 aliphatic rings. The van der Waals surface area contributed by atoms with Crippen LogP contribution in [0.2, 0.25) is 0 Å². The molecule has 0 unspecified atom stereocenters. The maximum Gasteiger partial charge on any atom is 0.307 e. The summed E-state index contributed by atoms with van der Waals surface area (Å²) in [6.45, 7) is 2.10. The van der Waals surface area contributed by atoms with Crippen molar-refractivity contribution in [2.24, 2.45) is 0 Å². The summed E-state index contributed by atoms with van der Waals surface area (Å²) in [5.74, 6) is 1.19. The number of hydrogen-bond donors (Lipinski definition) is 1. The summed E-state index contributed by atoms with van der Waals surface area (Å²) in [6, 6.07) is 7.73. The molecule has 0 heterocycles. The second-order valence-corrected chi connectivity index (χ2v) is 4.25. The lowest BCUT2D eigenvalue weighted by molar-refractivity contribution is -0.136. The number of aliphatic carboxylic acids is 1. The lowest BCUT2D eigenvalue weighted by Crippen LogP contribution is -2.02. The summed E-state index contributed by atoms with van der Waals surface area (Å²) in [6.07, 6.45) is 0.125. The van der Waals surface area contributed by atoms with Crippen molar-refractivity contribution >= 4 is 17.7 Å². The van der Waals surface area contributed by atoms with Gasteiger partial charge in [0.2, 0.25) is 0 Å². The Morgan fingerprint density at radius 3 is 2.57 bits per heavy atom. The quantitative estimate of drug-likeness (QED) is 0.811.